The lowest BCUT2D eigenvalue weighted by molar-refractivity contribution is 0.111. The van der Waals surface area contributed by atoms with Crippen LogP contribution in [0.5, 0.6) is 0 Å². The molecule has 3 heterocycles. The van der Waals surface area contributed by atoms with Crippen LogP contribution in [0, 0.1) is 0 Å². The SMILES string of the molecule is CN1CCN(Cc2ccncc2)CC1.O=Cc1cc2ccccc2n1CCCc1ccc(Cl)cc1. The molecule has 2 aromatic heterocycles. The van der Waals surface area contributed by atoms with Crippen molar-refractivity contribution in [3.63, 3.8) is 0 Å². The Morgan fingerprint density at radius 2 is 1.63 bits per heavy atom. The van der Waals surface area contributed by atoms with Gasteiger partial charge in [0.25, 0.3) is 0 Å². The fourth-order valence-corrected chi connectivity index (χ4v) is 4.55. The maximum atomic E-state index is 11.2. The van der Waals surface area contributed by atoms with Gasteiger partial charge in [-0.1, -0.05) is 41.9 Å². The number of nitrogens with zero attached hydrogens (tertiary/aromatic N) is 4. The highest BCUT2D eigenvalue weighted by molar-refractivity contribution is 6.30. The van der Waals surface area contributed by atoms with Crippen molar-refractivity contribution in [1.29, 1.82) is 0 Å². The first-order valence-corrected chi connectivity index (χ1v) is 12.6. The van der Waals surface area contributed by atoms with Crippen LogP contribution in [0.2, 0.25) is 5.02 Å². The van der Waals surface area contributed by atoms with Gasteiger partial charge in [-0.3, -0.25) is 14.7 Å². The number of para-hydroxylation sites is 1. The van der Waals surface area contributed by atoms with E-state index in [9.17, 15) is 4.79 Å². The molecule has 1 aliphatic heterocycles. The van der Waals surface area contributed by atoms with Gasteiger partial charge in [-0.15, -0.1) is 0 Å². The summed E-state index contributed by atoms with van der Waals surface area (Å²) in [7, 11) is 2.18. The van der Waals surface area contributed by atoms with Crippen LogP contribution in [0.1, 0.15) is 28.0 Å². The molecule has 4 aromatic rings. The van der Waals surface area contributed by atoms with Crippen molar-refractivity contribution in [2.24, 2.45) is 0 Å². The number of likely N-dealkylation sites (N-methyl/N-ethyl adjacent to an activating group) is 1. The summed E-state index contributed by atoms with van der Waals surface area (Å²) in [6.45, 7) is 6.63. The first kappa shape index (κ1) is 25.1. The number of aromatic nitrogens is 2. The van der Waals surface area contributed by atoms with Crippen LogP contribution in [0.25, 0.3) is 10.9 Å². The maximum Gasteiger partial charge on any atom is 0.166 e. The molecule has 2 aromatic carbocycles. The van der Waals surface area contributed by atoms with E-state index in [0.29, 0.717) is 0 Å². The molecule has 0 unspecified atom stereocenters. The second-order valence-electron chi connectivity index (χ2n) is 9.06. The van der Waals surface area contributed by atoms with Crippen LogP contribution in [0.3, 0.4) is 0 Å². The Kier molecular flexibility index (Phi) is 9.07. The summed E-state index contributed by atoms with van der Waals surface area (Å²) in [5.41, 5.74) is 4.50. The molecular weight excluding hydrogens is 456 g/mol. The van der Waals surface area contributed by atoms with E-state index in [0.717, 1.165) is 53.8 Å². The Balaban J connectivity index is 0.000000179. The third-order valence-corrected chi connectivity index (χ3v) is 6.73. The van der Waals surface area contributed by atoms with Gasteiger partial charge in [-0.05, 0) is 67.4 Å². The van der Waals surface area contributed by atoms with E-state index < -0.39 is 0 Å². The zero-order valence-electron chi connectivity index (χ0n) is 20.3. The Bertz CT molecular complexity index is 1200. The number of fused-ring (bicyclic) bond motifs is 1. The van der Waals surface area contributed by atoms with E-state index in [1.165, 1.54) is 37.3 Å². The number of hydrogen-bond donors (Lipinski definition) is 0. The normalized spacial score (nSPS) is 14.5. The fraction of sp³-hybridized carbons (Fsp3) is 0.310. The molecule has 5 nitrogen and oxygen atoms in total. The van der Waals surface area contributed by atoms with E-state index in [2.05, 4.69) is 56.7 Å². The number of piperazine rings is 1. The summed E-state index contributed by atoms with van der Waals surface area (Å²) in [6, 6.07) is 22.2. The highest BCUT2D eigenvalue weighted by Crippen LogP contribution is 2.20. The van der Waals surface area contributed by atoms with Crippen molar-refractivity contribution in [3.05, 3.63) is 101 Å². The van der Waals surface area contributed by atoms with Crippen LogP contribution >= 0.6 is 11.6 Å². The monoisotopic (exact) mass is 488 g/mol. The van der Waals surface area contributed by atoms with Crippen molar-refractivity contribution in [2.45, 2.75) is 25.9 Å². The molecule has 1 fully saturated rings. The molecule has 182 valence electrons. The molecule has 0 spiro atoms. The molecule has 0 radical (unpaired) electrons. The molecule has 0 bridgehead atoms. The number of hydrogen-bond acceptors (Lipinski definition) is 4. The zero-order valence-corrected chi connectivity index (χ0v) is 21.1. The molecule has 0 aliphatic carbocycles. The van der Waals surface area contributed by atoms with E-state index in [-0.39, 0.29) is 0 Å². The highest BCUT2D eigenvalue weighted by atomic mass is 35.5. The fourth-order valence-electron chi connectivity index (χ4n) is 4.42. The minimum Gasteiger partial charge on any atom is -0.338 e. The average molecular weight is 489 g/mol. The summed E-state index contributed by atoms with van der Waals surface area (Å²) in [5, 5.41) is 1.88. The summed E-state index contributed by atoms with van der Waals surface area (Å²) >= 11 is 5.89. The Labute approximate surface area is 212 Å². The molecule has 35 heavy (non-hydrogen) atoms. The van der Waals surface area contributed by atoms with Crippen LogP contribution in [-0.4, -0.2) is 58.9 Å². The number of benzene rings is 2. The lowest BCUT2D eigenvalue weighted by atomic mass is 10.1. The molecule has 0 atom stereocenters. The third-order valence-electron chi connectivity index (χ3n) is 6.48. The van der Waals surface area contributed by atoms with Gasteiger partial charge < -0.3 is 9.47 Å². The van der Waals surface area contributed by atoms with Gasteiger partial charge in [0.15, 0.2) is 6.29 Å². The van der Waals surface area contributed by atoms with Crippen LogP contribution in [-0.2, 0) is 19.5 Å². The minimum atomic E-state index is 0.743. The van der Waals surface area contributed by atoms with Gasteiger partial charge in [-0.25, -0.2) is 0 Å². The highest BCUT2D eigenvalue weighted by Gasteiger charge is 2.13. The molecular formula is C29H33ClN4O. The van der Waals surface area contributed by atoms with Crippen LogP contribution < -0.4 is 0 Å². The van der Waals surface area contributed by atoms with Crippen molar-refractivity contribution in [2.75, 3.05) is 33.2 Å². The molecule has 0 amide bonds. The standard InChI is InChI=1S/C18H16ClNO.C11H17N3/c19-16-9-7-14(8-10-16)4-3-11-20-17(13-21)12-15-5-1-2-6-18(15)20;1-13-6-8-14(9-7-13)10-11-2-4-12-5-3-11/h1-2,5-10,12-13H,3-4,11H2;2-5H,6-10H2,1H3. The van der Waals surface area contributed by atoms with Crippen molar-refractivity contribution < 1.29 is 4.79 Å². The van der Waals surface area contributed by atoms with Gasteiger partial charge in [0.1, 0.15) is 0 Å². The first-order valence-electron chi connectivity index (χ1n) is 12.2. The topological polar surface area (TPSA) is 41.4 Å². The van der Waals surface area contributed by atoms with Gasteiger partial charge in [0.2, 0.25) is 0 Å². The third kappa shape index (κ3) is 7.25. The zero-order chi connectivity index (χ0) is 24.5. The van der Waals surface area contributed by atoms with E-state index in [1.807, 2.05) is 48.8 Å². The lowest BCUT2D eigenvalue weighted by Gasteiger charge is -2.32. The molecule has 1 saturated heterocycles. The number of pyridine rings is 1. The molecule has 0 saturated carbocycles. The summed E-state index contributed by atoms with van der Waals surface area (Å²) < 4.78 is 2.10. The lowest BCUT2D eigenvalue weighted by Crippen LogP contribution is -2.43. The second-order valence-corrected chi connectivity index (χ2v) is 9.50. The van der Waals surface area contributed by atoms with Crippen molar-refractivity contribution >= 4 is 28.8 Å². The van der Waals surface area contributed by atoms with E-state index in [4.69, 9.17) is 11.6 Å². The number of halogens is 1. The first-order chi connectivity index (χ1) is 17.1. The largest absolute Gasteiger partial charge is 0.338 e. The van der Waals surface area contributed by atoms with E-state index >= 15 is 0 Å². The average Bonchev–Trinajstić information content (AvgIpc) is 3.25. The molecule has 0 N–H and O–H groups in total. The van der Waals surface area contributed by atoms with Gasteiger partial charge in [0.05, 0.1) is 5.69 Å². The van der Waals surface area contributed by atoms with E-state index in [1.54, 1.807) is 0 Å². The number of rotatable bonds is 7. The van der Waals surface area contributed by atoms with Crippen LogP contribution in [0.15, 0.2) is 79.1 Å². The Morgan fingerprint density at radius 3 is 2.34 bits per heavy atom. The van der Waals surface area contributed by atoms with Crippen molar-refractivity contribution in [1.82, 2.24) is 19.4 Å². The quantitative estimate of drug-likeness (QED) is 0.319. The number of carbonyl (C=O) groups is 1. The number of aryl methyl sites for hydroxylation is 2. The van der Waals surface area contributed by atoms with Gasteiger partial charge in [-0.2, -0.15) is 0 Å². The molecule has 6 heteroatoms. The van der Waals surface area contributed by atoms with Crippen LogP contribution in [0.4, 0.5) is 0 Å². The summed E-state index contributed by atoms with van der Waals surface area (Å²) in [4.78, 5) is 20.1. The Hall–Kier alpha value is -2.99. The predicted octanol–water partition coefficient (Wildman–Crippen LogP) is 5.57. The van der Waals surface area contributed by atoms with Gasteiger partial charge in [0, 0.05) is 67.6 Å². The summed E-state index contributed by atoms with van der Waals surface area (Å²) in [5.74, 6) is 0. The number of carbonyl (C=O) groups excluding carboxylic acids is 1. The smallest absolute Gasteiger partial charge is 0.166 e. The number of aldehydes is 1. The van der Waals surface area contributed by atoms with Gasteiger partial charge >= 0.3 is 0 Å². The molecule has 1 aliphatic rings. The van der Waals surface area contributed by atoms with Crippen molar-refractivity contribution in [3.8, 4) is 0 Å². The maximum absolute atomic E-state index is 11.2. The predicted molar refractivity (Wildman–Crippen MR) is 144 cm³/mol. The second kappa shape index (κ2) is 12.6. The minimum absolute atomic E-state index is 0.743. The summed E-state index contributed by atoms with van der Waals surface area (Å²) in [6.07, 6.45) is 6.63. The molecule has 5 rings (SSSR count). The Morgan fingerprint density at radius 1 is 0.914 bits per heavy atom.